The normalized spacial score (nSPS) is 17.7. The van der Waals surface area contributed by atoms with E-state index < -0.39 is 0 Å². The highest BCUT2D eigenvalue weighted by molar-refractivity contribution is 7.07. The fourth-order valence-corrected chi connectivity index (χ4v) is 2.21. The number of hydrogen-bond acceptors (Lipinski definition) is 3. The van der Waals surface area contributed by atoms with E-state index in [0.717, 1.165) is 6.04 Å². The molecule has 2 nitrogen and oxygen atoms in total. The first-order chi connectivity index (χ1) is 6.36. The summed E-state index contributed by atoms with van der Waals surface area (Å²) in [7, 11) is 2.22. The van der Waals surface area contributed by atoms with Gasteiger partial charge in [-0.3, -0.25) is 0 Å². The van der Waals surface area contributed by atoms with E-state index in [1.54, 1.807) is 11.3 Å². The summed E-state index contributed by atoms with van der Waals surface area (Å²) < 4.78 is 0. The number of hydrogen-bond donors (Lipinski definition) is 1. The molecule has 1 fully saturated rings. The summed E-state index contributed by atoms with van der Waals surface area (Å²) in [6.45, 7) is 3.52. The molecule has 0 saturated carbocycles. The molecule has 1 aliphatic rings. The number of nitrogens with one attached hydrogen (secondary N) is 1. The highest BCUT2D eigenvalue weighted by atomic mass is 32.1. The smallest absolute Gasteiger partial charge is 0.0342 e. The summed E-state index contributed by atoms with van der Waals surface area (Å²) in [5.41, 5.74) is 1.48. The standard InChI is InChI=1S/C10H16N2S/c1-12(10-6-11-7-10)4-2-9-3-5-13-8-9/h3,5,8,10-11H,2,4,6-7H2,1H3. The van der Waals surface area contributed by atoms with Crippen molar-refractivity contribution in [1.82, 2.24) is 10.2 Å². The summed E-state index contributed by atoms with van der Waals surface area (Å²) >= 11 is 1.79. The molecular formula is C10H16N2S. The number of rotatable bonds is 4. The molecule has 0 atom stereocenters. The Labute approximate surface area is 83.6 Å². The average Bonchev–Trinajstić information content (AvgIpc) is 2.49. The Balaban J connectivity index is 1.72. The molecule has 0 aliphatic carbocycles. The topological polar surface area (TPSA) is 15.3 Å². The first-order valence-corrected chi connectivity index (χ1v) is 5.72. The zero-order valence-electron chi connectivity index (χ0n) is 7.99. The predicted octanol–water partition coefficient (Wildman–Crippen LogP) is 1.19. The molecule has 0 aromatic carbocycles. The molecule has 1 aromatic rings. The molecule has 1 N–H and O–H groups in total. The first kappa shape index (κ1) is 9.19. The Morgan fingerprint density at radius 3 is 3.00 bits per heavy atom. The Morgan fingerprint density at radius 1 is 1.62 bits per heavy atom. The van der Waals surface area contributed by atoms with Crippen molar-refractivity contribution in [2.75, 3.05) is 26.7 Å². The molecule has 2 heterocycles. The fraction of sp³-hybridized carbons (Fsp3) is 0.600. The van der Waals surface area contributed by atoms with Crippen LogP contribution in [0.25, 0.3) is 0 Å². The van der Waals surface area contributed by atoms with Crippen molar-refractivity contribution in [3.63, 3.8) is 0 Å². The van der Waals surface area contributed by atoms with Gasteiger partial charge in [0.2, 0.25) is 0 Å². The lowest BCUT2D eigenvalue weighted by Crippen LogP contribution is -2.56. The number of nitrogens with zero attached hydrogens (tertiary/aromatic N) is 1. The Kier molecular flexibility index (Phi) is 2.98. The largest absolute Gasteiger partial charge is 0.314 e. The lowest BCUT2D eigenvalue weighted by Gasteiger charge is -2.35. The van der Waals surface area contributed by atoms with Crippen molar-refractivity contribution in [1.29, 1.82) is 0 Å². The highest BCUT2D eigenvalue weighted by Gasteiger charge is 2.20. The second kappa shape index (κ2) is 4.22. The van der Waals surface area contributed by atoms with Gasteiger partial charge in [-0.05, 0) is 35.9 Å². The predicted molar refractivity (Wildman–Crippen MR) is 57.3 cm³/mol. The van der Waals surface area contributed by atoms with Crippen LogP contribution in [0.2, 0.25) is 0 Å². The van der Waals surface area contributed by atoms with Crippen LogP contribution >= 0.6 is 11.3 Å². The van der Waals surface area contributed by atoms with Gasteiger partial charge >= 0.3 is 0 Å². The molecule has 0 amide bonds. The second-order valence-corrected chi connectivity index (χ2v) is 4.45. The molecular weight excluding hydrogens is 180 g/mol. The Bertz CT molecular complexity index is 241. The molecule has 13 heavy (non-hydrogen) atoms. The second-order valence-electron chi connectivity index (χ2n) is 3.67. The number of thiophene rings is 1. The summed E-state index contributed by atoms with van der Waals surface area (Å²) in [4.78, 5) is 2.45. The van der Waals surface area contributed by atoms with Crippen LogP contribution in [-0.4, -0.2) is 37.6 Å². The molecule has 0 unspecified atom stereocenters. The van der Waals surface area contributed by atoms with Crippen LogP contribution < -0.4 is 5.32 Å². The van der Waals surface area contributed by atoms with Gasteiger partial charge < -0.3 is 10.2 Å². The lowest BCUT2D eigenvalue weighted by atomic mass is 10.1. The molecule has 0 spiro atoms. The summed E-state index contributed by atoms with van der Waals surface area (Å²) in [5, 5.41) is 7.69. The van der Waals surface area contributed by atoms with E-state index in [-0.39, 0.29) is 0 Å². The van der Waals surface area contributed by atoms with Gasteiger partial charge in [0, 0.05) is 25.7 Å². The third-order valence-electron chi connectivity index (χ3n) is 2.72. The molecule has 0 radical (unpaired) electrons. The molecule has 1 saturated heterocycles. The minimum atomic E-state index is 0.777. The van der Waals surface area contributed by atoms with E-state index in [1.165, 1.54) is 31.6 Å². The maximum Gasteiger partial charge on any atom is 0.0342 e. The van der Waals surface area contributed by atoms with Crippen molar-refractivity contribution < 1.29 is 0 Å². The van der Waals surface area contributed by atoms with Crippen molar-refractivity contribution in [3.8, 4) is 0 Å². The van der Waals surface area contributed by atoms with E-state index in [0.29, 0.717) is 0 Å². The molecule has 1 aromatic heterocycles. The fourth-order valence-electron chi connectivity index (χ4n) is 1.51. The lowest BCUT2D eigenvalue weighted by molar-refractivity contribution is 0.182. The van der Waals surface area contributed by atoms with Gasteiger partial charge in [-0.25, -0.2) is 0 Å². The van der Waals surface area contributed by atoms with Crippen LogP contribution in [0.1, 0.15) is 5.56 Å². The highest BCUT2D eigenvalue weighted by Crippen LogP contribution is 2.08. The molecule has 72 valence electrons. The van der Waals surface area contributed by atoms with Gasteiger partial charge in [0.15, 0.2) is 0 Å². The van der Waals surface area contributed by atoms with Gasteiger partial charge in [-0.1, -0.05) is 0 Å². The van der Waals surface area contributed by atoms with Crippen molar-refractivity contribution in [2.45, 2.75) is 12.5 Å². The zero-order valence-corrected chi connectivity index (χ0v) is 8.81. The van der Waals surface area contributed by atoms with Crippen molar-refractivity contribution in [2.24, 2.45) is 0 Å². The number of likely N-dealkylation sites (N-methyl/N-ethyl adjacent to an activating group) is 1. The monoisotopic (exact) mass is 196 g/mol. The van der Waals surface area contributed by atoms with Crippen LogP contribution in [0.4, 0.5) is 0 Å². The minimum absolute atomic E-state index is 0.777. The van der Waals surface area contributed by atoms with E-state index in [1.807, 2.05) is 0 Å². The molecule has 2 rings (SSSR count). The zero-order chi connectivity index (χ0) is 9.10. The third kappa shape index (κ3) is 2.30. The van der Waals surface area contributed by atoms with Crippen LogP contribution in [-0.2, 0) is 6.42 Å². The van der Waals surface area contributed by atoms with Crippen LogP contribution in [0.3, 0.4) is 0 Å². The van der Waals surface area contributed by atoms with Gasteiger partial charge in [0.1, 0.15) is 0 Å². The third-order valence-corrected chi connectivity index (χ3v) is 3.45. The summed E-state index contributed by atoms with van der Waals surface area (Å²) in [6, 6.07) is 3.00. The van der Waals surface area contributed by atoms with Crippen LogP contribution in [0.15, 0.2) is 16.8 Å². The first-order valence-electron chi connectivity index (χ1n) is 4.78. The van der Waals surface area contributed by atoms with Crippen LogP contribution in [0, 0.1) is 0 Å². The maximum atomic E-state index is 3.30. The molecule has 1 aliphatic heterocycles. The molecule has 3 heteroatoms. The molecule has 0 bridgehead atoms. The summed E-state index contributed by atoms with van der Waals surface area (Å²) in [5.74, 6) is 0. The maximum absolute atomic E-state index is 3.30. The average molecular weight is 196 g/mol. The van der Waals surface area contributed by atoms with E-state index in [9.17, 15) is 0 Å². The van der Waals surface area contributed by atoms with Crippen LogP contribution in [0.5, 0.6) is 0 Å². The van der Waals surface area contributed by atoms with Gasteiger partial charge in [0.25, 0.3) is 0 Å². The van der Waals surface area contributed by atoms with Gasteiger partial charge in [0.05, 0.1) is 0 Å². The van der Waals surface area contributed by atoms with Crippen molar-refractivity contribution in [3.05, 3.63) is 22.4 Å². The Morgan fingerprint density at radius 2 is 2.46 bits per heavy atom. The van der Waals surface area contributed by atoms with Gasteiger partial charge in [-0.2, -0.15) is 11.3 Å². The van der Waals surface area contributed by atoms with E-state index in [4.69, 9.17) is 0 Å². The van der Waals surface area contributed by atoms with E-state index >= 15 is 0 Å². The Hall–Kier alpha value is -0.380. The van der Waals surface area contributed by atoms with Gasteiger partial charge in [-0.15, -0.1) is 0 Å². The quantitative estimate of drug-likeness (QED) is 0.778. The SMILES string of the molecule is CN(CCc1ccsc1)C1CNC1. The van der Waals surface area contributed by atoms with E-state index in [2.05, 4.69) is 34.1 Å². The van der Waals surface area contributed by atoms with Crippen molar-refractivity contribution >= 4 is 11.3 Å². The minimum Gasteiger partial charge on any atom is -0.314 e. The summed E-state index contributed by atoms with van der Waals surface area (Å²) in [6.07, 6.45) is 1.19.